The molecule has 1 aliphatic heterocycles. The monoisotopic (exact) mass is 255 g/mol. The Morgan fingerprint density at radius 2 is 1.67 bits per heavy atom. The van der Waals surface area contributed by atoms with Gasteiger partial charge in [0.1, 0.15) is 0 Å². The van der Waals surface area contributed by atoms with Crippen molar-refractivity contribution in [3.8, 4) is 0 Å². The molecule has 1 rings (SSSR count). The minimum atomic E-state index is 0.191. The molecule has 4 heteroatoms. The van der Waals surface area contributed by atoms with E-state index in [2.05, 4.69) is 29.0 Å². The number of nitrogens with one attached hydrogen (secondary N) is 1. The highest BCUT2D eigenvalue weighted by Crippen LogP contribution is 2.00. The van der Waals surface area contributed by atoms with Gasteiger partial charge in [-0.15, -0.1) is 0 Å². The summed E-state index contributed by atoms with van der Waals surface area (Å²) < 4.78 is 0. The van der Waals surface area contributed by atoms with Crippen LogP contribution in [0.15, 0.2) is 0 Å². The molecule has 1 heterocycles. The Morgan fingerprint density at radius 1 is 1.00 bits per heavy atom. The third kappa shape index (κ3) is 6.36. The molecule has 0 saturated carbocycles. The first-order valence-corrected chi connectivity index (χ1v) is 7.47. The highest BCUT2D eigenvalue weighted by atomic mass is 16.2. The van der Waals surface area contributed by atoms with Crippen molar-refractivity contribution in [3.05, 3.63) is 0 Å². The summed E-state index contributed by atoms with van der Waals surface area (Å²) in [6.45, 7) is 11.2. The van der Waals surface area contributed by atoms with E-state index in [1.54, 1.807) is 0 Å². The zero-order chi connectivity index (χ0) is 13.2. The SMILES string of the molecule is CCCCCCNC(=O)CN1CCN(CC)CC1. The van der Waals surface area contributed by atoms with Crippen LogP contribution in [0.3, 0.4) is 0 Å². The summed E-state index contributed by atoms with van der Waals surface area (Å²) in [6, 6.07) is 0. The lowest BCUT2D eigenvalue weighted by Crippen LogP contribution is -2.49. The third-order valence-electron chi connectivity index (χ3n) is 3.63. The molecular weight excluding hydrogens is 226 g/mol. The Bertz CT molecular complexity index is 225. The molecule has 0 spiro atoms. The topological polar surface area (TPSA) is 35.6 Å². The summed E-state index contributed by atoms with van der Waals surface area (Å²) in [5.74, 6) is 0.191. The first-order valence-electron chi connectivity index (χ1n) is 7.47. The van der Waals surface area contributed by atoms with Gasteiger partial charge in [-0.3, -0.25) is 9.69 Å². The molecule has 1 fully saturated rings. The summed E-state index contributed by atoms with van der Waals surface area (Å²) in [7, 11) is 0. The Labute approximate surface area is 112 Å². The molecule has 106 valence electrons. The van der Waals surface area contributed by atoms with Crippen molar-refractivity contribution in [3.63, 3.8) is 0 Å². The van der Waals surface area contributed by atoms with Crippen molar-refractivity contribution in [1.29, 1.82) is 0 Å². The molecule has 18 heavy (non-hydrogen) atoms. The Morgan fingerprint density at radius 3 is 2.28 bits per heavy atom. The number of piperazine rings is 1. The van der Waals surface area contributed by atoms with E-state index in [-0.39, 0.29) is 5.91 Å². The van der Waals surface area contributed by atoms with Gasteiger partial charge in [0.25, 0.3) is 0 Å². The van der Waals surface area contributed by atoms with Crippen LogP contribution in [0.4, 0.5) is 0 Å². The number of amides is 1. The highest BCUT2D eigenvalue weighted by Gasteiger charge is 2.17. The van der Waals surface area contributed by atoms with E-state index in [4.69, 9.17) is 0 Å². The van der Waals surface area contributed by atoms with Crippen molar-refractivity contribution in [2.45, 2.75) is 39.5 Å². The molecule has 0 aliphatic carbocycles. The van der Waals surface area contributed by atoms with Gasteiger partial charge in [-0.25, -0.2) is 0 Å². The Balaban J connectivity index is 2.02. The van der Waals surface area contributed by atoms with Crippen LogP contribution in [0.2, 0.25) is 0 Å². The molecule has 4 nitrogen and oxygen atoms in total. The normalized spacial score (nSPS) is 17.9. The van der Waals surface area contributed by atoms with Gasteiger partial charge in [0.05, 0.1) is 6.54 Å². The van der Waals surface area contributed by atoms with Gasteiger partial charge in [0.15, 0.2) is 0 Å². The lowest BCUT2D eigenvalue weighted by Gasteiger charge is -2.33. The van der Waals surface area contributed by atoms with Crippen LogP contribution in [0.5, 0.6) is 0 Å². The van der Waals surface area contributed by atoms with E-state index in [9.17, 15) is 4.79 Å². The number of likely N-dealkylation sites (N-methyl/N-ethyl adjacent to an activating group) is 1. The quantitative estimate of drug-likeness (QED) is 0.665. The van der Waals surface area contributed by atoms with Crippen molar-refractivity contribution in [2.24, 2.45) is 0 Å². The minimum absolute atomic E-state index is 0.191. The summed E-state index contributed by atoms with van der Waals surface area (Å²) in [4.78, 5) is 16.4. The lowest BCUT2D eigenvalue weighted by atomic mass is 10.2. The molecule has 0 aromatic carbocycles. The van der Waals surface area contributed by atoms with Gasteiger partial charge in [-0.2, -0.15) is 0 Å². The summed E-state index contributed by atoms with van der Waals surface area (Å²) in [5.41, 5.74) is 0. The smallest absolute Gasteiger partial charge is 0.234 e. The second kappa shape index (κ2) is 9.34. The standard InChI is InChI=1S/C14H29N3O/c1-3-5-6-7-8-15-14(18)13-17-11-9-16(4-2)10-12-17/h3-13H2,1-2H3,(H,15,18). The second-order valence-electron chi connectivity index (χ2n) is 5.12. The highest BCUT2D eigenvalue weighted by molar-refractivity contribution is 5.77. The van der Waals surface area contributed by atoms with Crippen LogP contribution >= 0.6 is 0 Å². The minimum Gasteiger partial charge on any atom is -0.355 e. The molecule has 0 aromatic rings. The largest absolute Gasteiger partial charge is 0.355 e. The van der Waals surface area contributed by atoms with Gasteiger partial charge in [-0.1, -0.05) is 33.1 Å². The van der Waals surface area contributed by atoms with E-state index in [1.165, 1.54) is 19.3 Å². The lowest BCUT2D eigenvalue weighted by molar-refractivity contribution is -0.122. The first kappa shape index (κ1) is 15.4. The molecule has 0 aromatic heterocycles. The van der Waals surface area contributed by atoms with Crippen LogP contribution < -0.4 is 5.32 Å². The Hall–Kier alpha value is -0.610. The molecule has 0 radical (unpaired) electrons. The summed E-state index contributed by atoms with van der Waals surface area (Å²) >= 11 is 0. The average Bonchev–Trinajstić information content (AvgIpc) is 2.39. The van der Waals surface area contributed by atoms with Crippen LogP contribution in [-0.4, -0.2) is 61.5 Å². The van der Waals surface area contributed by atoms with Gasteiger partial charge in [0.2, 0.25) is 5.91 Å². The average molecular weight is 255 g/mol. The third-order valence-corrected chi connectivity index (χ3v) is 3.63. The molecule has 1 amide bonds. The van der Waals surface area contributed by atoms with Crippen molar-refractivity contribution in [1.82, 2.24) is 15.1 Å². The van der Waals surface area contributed by atoms with Gasteiger partial charge in [-0.05, 0) is 13.0 Å². The molecule has 0 unspecified atom stereocenters. The molecule has 1 saturated heterocycles. The zero-order valence-electron chi connectivity index (χ0n) is 12.1. The molecular formula is C14H29N3O. The van der Waals surface area contributed by atoms with Crippen molar-refractivity contribution < 1.29 is 4.79 Å². The number of carbonyl (C=O) groups excluding carboxylic acids is 1. The van der Waals surface area contributed by atoms with Crippen LogP contribution in [-0.2, 0) is 4.79 Å². The van der Waals surface area contributed by atoms with Gasteiger partial charge in [0, 0.05) is 32.7 Å². The maximum atomic E-state index is 11.7. The number of hydrogen-bond acceptors (Lipinski definition) is 3. The molecule has 1 aliphatic rings. The zero-order valence-corrected chi connectivity index (χ0v) is 12.1. The van der Waals surface area contributed by atoms with E-state index in [0.29, 0.717) is 6.54 Å². The van der Waals surface area contributed by atoms with E-state index < -0.39 is 0 Å². The fourth-order valence-electron chi connectivity index (χ4n) is 2.30. The number of nitrogens with zero attached hydrogens (tertiary/aromatic N) is 2. The Kier molecular flexibility index (Phi) is 8.01. The van der Waals surface area contributed by atoms with Gasteiger partial charge < -0.3 is 10.2 Å². The fourth-order valence-corrected chi connectivity index (χ4v) is 2.30. The second-order valence-corrected chi connectivity index (χ2v) is 5.12. The van der Waals surface area contributed by atoms with Crippen LogP contribution in [0.25, 0.3) is 0 Å². The number of hydrogen-bond donors (Lipinski definition) is 1. The number of carbonyl (C=O) groups is 1. The fraction of sp³-hybridized carbons (Fsp3) is 0.929. The first-order chi connectivity index (χ1) is 8.76. The number of rotatable bonds is 8. The number of unbranched alkanes of at least 4 members (excludes halogenated alkanes) is 3. The molecule has 1 N–H and O–H groups in total. The van der Waals surface area contributed by atoms with Crippen molar-refractivity contribution in [2.75, 3.05) is 45.8 Å². The van der Waals surface area contributed by atoms with E-state index in [0.717, 1.165) is 45.7 Å². The predicted octanol–water partition coefficient (Wildman–Crippen LogP) is 1.32. The van der Waals surface area contributed by atoms with Crippen LogP contribution in [0.1, 0.15) is 39.5 Å². The maximum Gasteiger partial charge on any atom is 0.234 e. The van der Waals surface area contributed by atoms with Crippen molar-refractivity contribution >= 4 is 5.91 Å². The van der Waals surface area contributed by atoms with E-state index >= 15 is 0 Å². The van der Waals surface area contributed by atoms with Gasteiger partial charge >= 0.3 is 0 Å². The molecule has 0 bridgehead atoms. The predicted molar refractivity (Wildman–Crippen MR) is 75.7 cm³/mol. The van der Waals surface area contributed by atoms with Crippen LogP contribution in [0, 0.1) is 0 Å². The molecule has 0 atom stereocenters. The summed E-state index contributed by atoms with van der Waals surface area (Å²) in [5, 5.41) is 3.02. The maximum absolute atomic E-state index is 11.7. The summed E-state index contributed by atoms with van der Waals surface area (Å²) in [6.07, 6.45) is 4.86. The van der Waals surface area contributed by atoms with E-state index in [1.807, 2.05) is 0 Å².